The molecule has 180 valence electrons. The first-order valence-corrected chi connectivity index (χ1v) is 13.4. The molecule has 0 saturated carbocycles. The average Bonchev–Trinajstić information content (AvgIpc) is 3.37. The van der Waals surface area contributed by atoms with E-state index < -0.39 is 9.84 Å². The number of rotatable bonds is 5. The van der Waals surface area contributed by atoms with E-state index in [1.165, 1.54) is 24.3 Å². The van der Waals surface area contributed by atoms with Crippen LogP contribution in [0, 0.1) is 11.6 Å². The number of carbonyl (C=O) groups excluding carboxylic acids is 1. The van der Waals surface area contributed by atoms with E-state index in [1.54, 1.807) is 18.2 Å². The van der Waals surface area contributed by atoms with Gasteiger partial charge in [-0.05, 0) is 66.4 Å². The van der Waals surface area contributed by atoms with E-state index in [0.29, 0.717) is 39.0 Å². The van der Waals surface area contributed by atoms with E-state index in [4.69, 9.17) is 0 Å². The smallest absolute Gasteiger partial charge is 0.222 e. The molecule has 1 aromatic heterocycles. The highest BCUT2D eigenvalue weighted by Crippen LogP contribution is 2.32. The number of aryl methyl sites for hydroxylation is 1. The van der Waals surface area contributed by atoms with Crippen LogP contribution in [0.1, 0.15) is 18.4 Å². The highest BCUT2D eigenvalue weighted by atomic mass is 32.2. The molecule has 34 heavy (non-hydrogen) atoms. The van der Waals surface area contributed by atoms with Crippen molar-refractivity contribution in [1.29, 1.82) is 0 Å². The zero-order valence-electron chi connectivity index (χ0n) is 18.8. The molecule has 2 aliphatic rings. The summed E-state index contributed by atoms with van der Waals surface area (Å²) < 4.78 is 51.0. The van der Waals surface area contributed by atoms with Crippen LogP contribution in [0.4, 0.5) is 8.78 Å². The van der Waals surface area contributed by atoms with Crippen molar-refractivity contribution in [3.05, 3.63) is 59.7 Å². The highest BCUT2D eigenvalue weighted by molar-refractivity contribution is 7.91. The third kappa shape index (κ3) is 4.72. The minimum Gasteiger partial charge on any atom is -0.354 e. The number of piperazine rings is 1. The van der Waals surface area contributed by atoms with Gasteiger partial charge in [-0.1, -0.05) is 0 Å². The number of hydrogen-bond acceptors (Lipinski definition) is 4. The Bertz CT molecular complexity index is 1310. The quantitative estimate of drug-likeness (QED) is 0.599. The van der Waals surface area contributed by atoms with Crippen molar-refractivity contribution in [2.75, 3.05) is 37.7 Å². The third-order valence-corrected chi connectivity index (χ3v) is 8.73. The lowest BCUT2D eigenvalue weighted by Crippen LogP contribution is -2.52. The minimum atomic E-state index is -2.93. The van der Waals surface area contributed by atoms with Crippen LogP contribution in [0.15, 0.2) is 42.5 Å². The molecule has 3 aromatic rings. The number of hydrogen-bond donors (Lipinski definition) is 1. The molecule has 2 aromatic carbocycles. The molecule has 0 bridgehead atoms. The lowest BCUT2D eigenvalue weighted by molar-refractivity contribution is -0.133. The SMILES string of the molecule is O=C(CCc1c(-c2ccc(F)cc2)[nH]c2ccc(F)cc12)N1CCN([C@H]2CCS(=O)(=O)C2)CC1. The molecule has 0 aliphatic carbocycles. The molecule has 2 fully saturated rings. The van der Waals surface area contributed by atoms with Gasteiger partial charge >= 0.3 is 0 Å². The summed E-state index contributed by atoms with van der Waals surface area (Å²) in [5.74, 6) is -0.205. The van der Waals surface area contributed by atoms with Gasteiger partial charge in [0.2, 0.25) is 5.91 Å². The number of H-pyrrole nitrogens is 1. The summed E-state index contributed by atoms with van der Waals surface area (Å²) in [6.07, 6.45) is 1.37. The first-order chi connectivity index (χ1) is 16.3. The number of carbonyl (C=O) groups is 1. The number of sulfone groups is 1. The zero-order chi connectivity index (χ0) is 23.9. The minimum absolute atomic E-state index is 0.0227. The van der Waals surface area contributed by atoms with E-state index in [2.05, 4.69) is 9.88 Å². The monoisotopic (exact) mass is 487 g/mol. The zero-order valence-corrected chi connectivity index (χ0v) is 19.6. The fraction of sp³-hybridized carbons (Fsp3) is 0.400. The molecule has 9 heteroatoms. The number of halogens is 2. The first kappa shape index (κ1) is 23.0. The molecule has 1 atom stereocenters. The number of aromatic nitrogens is 1. The van der Waals surface area contributed by atoms with Crippen molar-refractivity contribution in [3.63, 3.8) is 0 Å². The van der Waals surface area contributed by atoms with Crippen LogP contribution >= 0.6 is 0 Å². The molecule has 1 amide bonds. The van der Waals surface area contributed by atoms with Crippen LogP contribution < -0.4 is 0 Å². The highest BCUT2D eigenvalue weighted by Gasteiger charge is 2.34. The molecule has 6 nitrogen and oxygen atoms in total. The molecule has 2 saturated heterocycles. The summed E-state index contributed by atoms with van der Waals surface area (Å²) in [6.45, 7) is 2.49. The molecular weight excluding hydrogens is 460 g/mol. The number of nitrogens with one attached hydrogen (secondary N) is 1. The van der Waals surface area contributed by atoms with E-state index >= 15 is 0 Å². The van der Waals surface area contributed by atoms with E-state index in [9.17, 15) is 22.0 Å². The molecule has 5 rings (SSSR count). The standard InChI is InChI=1S/C25H27F2N3O3S/c26-18-3-1-17(2-4-18)25-21(22-15-19(27)5-7-23(22)28-25)6-8-24(31)30-12-10-29(11-13-30)20-9-14-34(32,33)16-20/h1-5,7,15,20,28H,6,8-14,16H2/t20-/m0/s1. The third-order valence-electron chi connectivity index (χ3n) is 6.98. The van der Waals surface area contributed by atoms with Gasteiger partial charge in [0.25, 0.3) is 0 Å². The number of nitrogens with zero attached hydrogens (tertiary/aromatic N) is 2. The Kier molecular flexibility index (Phi) is 6.16. The Labute approximate surface area is 197 Å². The van der Waals surface area contributed by atoms with Crippen LogP contribution in [0.25, 0.3) is 22.2 Å². The van der Waals surface area contributed by atoms with Crippen molar-refractivity contribution in [3.8, 4) is 11.3 Å². The molecule has 0 spiro atoms. The number of aromatic amines is 1. The largest absolute Gasteiger partial charge is 0.354 e. The van der Waals surface area contributed by atoms with Gasteiger partial charge in [0.1, 0.15) is 11.6 Å². The lowest BCUT2D eigenvalue weighted by Gasteiger charge is -2.37. The van der Waals surface area contributed by atoms with E-state index in [-0.39, 0.29) is 41.5 Å². The van der Waals surface area contributed by atoms with Crippen molar-refractivity contribution in [1.82, 2.24) is 14.8 Å². The first-order valence-electron chi connectivity index (χ1n) is 11.6. The molecular formula is C25H27F2N3O3S. The van der Waals surface area contributed by atoms with Gasteiger partial charge in [-0.15, -0.1) is 0 Å². The van der Waals surface area contributed by atoms with Gasteiger partial charge < -0.3 is 9.88 Å². The Balaban J connectivity index is 1.28. The summed E-state index contributed by atoms with van der Waals surface area (Å²) in [7, 11) is -2.93. The van der Waals surface area contributed by atoms with Crippen molar-refractivity contribution in [2.24, 2.45) is 0 Å². The second-order valence-electron chi connectivity index (χ2n) is 9.15. The summed E-state index contributed by atoms with van der Waals surface area (Å²) >= 11 is 0. The van der Waals surface area contributed by atoms with Gasteiger partial charge in [-0.3, -0.25) is 9.69 Å². The Morgan fingerprint density at radius 1 is 1.00 bits per heavy atom. The van der Waals surface area contributed by atoms with Gasteiger partial charge in [0.15, 0.2) is 9.84 Å². The van der Waals surface area contributed by atoms with Gasteiger partial charge in [0, 0.05) is 55.2 Å². The molecule has 0 radical (unpaired) electrons. The predicted octanol–water partition coefficient (Wildman–Crippen LogP) is 3.38. The van der Waals surface area contributed by atoms with Crippen molar-refractivity contribution < 1.29 is 22.0 Å². The predicted molar refractivity (Wildman–Crippen MR) is 127 cm³/mol. The summed E-state index contributed by atoms with van der Waals surface area (Å²) in [6, 6.07) is 10.7. The summed E-state index contributed by atoms with van der Waals surface area (Å²) in [5.41, 5.74) is 3.15. The van der Waals surface area contributed by atoms with Crippen LogP contribution in [-0.2, 0) is 21.1 Å². The van der Waals surface area contributed by atoms with E-state index in [0.717, 1.165) is 27.7 Å². The summed E-state index contributed by atoms with van der Waals surface area (Å²) in [4.78, 5) is 20.3. The van der Waals surface area contributed by atoms with E-state index in [1.807, 2.05) is 4.90 Å². The molecule has 2 aliphatic heterocycles. The molecule has 1 N–H and O–H groups in total. The van der Waals surface area contributed by atoms with Crippen LogP contribution in [0.3, 0.4) is 0 Å². The average molecular weight is 488 g/mol. The van der Waals surface area contributed by atoms with Gasteiger partial charge in [-0.25, -0.2) is 17.2 Å². The second-order valence-corrected chi connectivity index (χ2v) is 11.4. The summed E-state index contributed by atoms with van der Waals surface area (Å²) in [5, 5.41) is 0.722. The topological polar surface area (TPSA) is 73.5 Å². The number of fused-ring (bicyclic) bond motifs is 1. The Morgan fingerprint density at radius 3 is 2.38 bits per heavy atom. The molecule has 0 unspecified atom stereocenters. The Hall–Kier alpha value is -2.78. The normalized spacial score (nSPS) is 20.8. The maximum absolute atomic E-state index is 14.0. The Morgan fingerprint density at radius 2 is 1.71 bits per heavy atom. The maximum atomic E-state index is 14.0. The van der Waals surface area contributed by atoms with Crippen molar-refractivity contribution >= 4 is 26.6 Å². The fourth-order valence-corrected chi connectivity index (χ4v) is 6.89. The second kappa shape index (κ2) is 9.11. The van der Waals surface area contributed by atoms with Crippen molar-refractivity contribution in [2.45, 2.75) is 25.3 Å². The van der Waals surface area contributed by atoms with Crippen LogP contribution in [0.5, 0.6) is 0 Å². The van der Waals surface area contributed by atoms with Crippen LogP contribution in [0.2, 0.25) is 0 Å². The molecule has 3 heterocycles. The maximum Gasteiger partial charge on any atom is 0.222 e. The van der Waals surface area contributed by atoms with Crippen LogP contribution in [-0.4, -0.2) is 72.8 Å². The van der Waals surface area contributed by atoms with Gasteiger partial charge in [0.05, 0.1) is 11.5 Å². The number of amides is 1. The van der Waals surface area contributed by atoms with Gasteiger partial charge in [-0.2, -0.15) is 0 Å². The lowest BCUT2D eigenvalue weighted by atomic mass is 10.0. The number of benzene rings is 2. The fourth-order valence-electron chi connectivity index (χ4n) is 5.13.